The number of fused-ring (bicyclic) bond motifs is 1. The molecule has 1 aromatic rings. The Morgan fingerprint density at radius 2 is 1.72 bits per heavy atom. The van der Waals surface area contributed by atoms with Gasteiger partial charge in [-0.15, -0.1) is 0 Å². The maximum absolute atomic E-state index is 11.1. The Kier molecular flexibility index (Phi) is 5.10. The molecule has 0 aliphatic carbocycles. The van der Waals surface area contributed by atoms with Crippen molar-refractivity contribution >= 4 is 34.8 Å². The highest BCUT2D eigenvalue weighted by Crippen LogP contribution is 2.53. The van der Waals surface area contributed by atoms with E-state index in [9.17, 15) is 5.11 Å². The van der Waals surface area contributed by atoms with Crippen molar-refractivity contribution in [2.24, 2.45) is 0 Å². The number of benzene rings is 1. The third-order valence-corrected chi connectivity index (χ3v) is 5.10. The van der Waals surface area contributed by atoms with Crippen LogP contribution in [0.1, 0.15) is 13.8 Å². The topological polar surface area (TPSA) is 66.4 Å². The molecule has 4 atom stereocenters. The summed E-state index contributed by atoms with van der Waals surface area (Å²) in [6, 6.07) is 6.93. The van der Waals surface area contributed by atoms with Crippen LogP contribution in [0.25, 0.3) is 0 Å². The first-order valence-corrected chi connectivity index (χ1v) is 8.77. The molecule has 0 amide bonds. The van der Waals surface area contributed by atoms with E-state index < -0.39 is 33.7 Å². The highest BCUT2D eigenvalue weighted by molar-refractivity contribution is 6.68. The van der Waals surface area contributed by atoms with Crippen molar-refractivity contribution in [3.8, 4) is 11.5 Å². The zero-order chi connectivity index (χ0) is 18.5. The van der Waals surface area contributed by atoms with Crippen molar-refractivity contribution in [1.82, 2.24) is 0 Å². The van der Waals surface area contributed by atoms with Gasteiger partial charge in [0.2, 0.25) is 3.79 Å². The third-order valence-electron chi connectivity index (χ3n) is 4.20. The first-order valence-electron chi connectivity index (χ1n) is 7.64. The maximum atomic E-state index is 11.1. The molecule has 6 nitrogen and oxygen atoms in total. The monoisotopic (exact) mass is 412 g/mol. The SMILES string of the molecule is COc1ccc(OC[C@H]2O[C@H]3OC(C)(C)O[C@H]3[C@]2(O)C(Cl)(Cl)Cl)cc1. The summed E-state index contributed by atoms with van der Waals surface area (Å²) in [5, 5.41) is 11.1. The van der Waals surface area contributed by atoms with Crippen LogP contribution >= 0.6 is 34.8 Å². The standard InChI is InChI=1S/C16H19Cl3O6/c1-14(2)24-12-13(25-14)23-11(15(12,20)16(17,18)19)8-22-10-6-4-9(21-3)5-7-10/h4-7,11-13,20H,8H2,1-3H3/t11-,12-,13+,15+/m1/s1. The van der Waals surface area contributed by atoms with Crippen LogP contribution in [0.4, 0.5) is 0 Å². The van der Waals surface area contributed by atoms with E-state index in [4.69, 9.17) is 58.5 Å². The molecule has 0 bridgehead atoms. The molecule has 140 valence electrons. The summed E-state index contributed by atoms with van der Waals surface area (Å²) in [4.78, 5) is 0. The molecule has 2 aliphatic rings. The fourth-order valence-electron chi connectivity index (χ4n) is 2.93. The average molecular weight is 414 g/mol. The smallest absolute Gasteiger partial charge is 0.224 e. The molecule has 0 aromatic heterocycles. The Morgan fingerprint density at radius 1 is 1.12 bits per heavy atom. The average Bonchev–Trinajstić information content (AvgIpc) is 2.97. The molecule has 0 unspecified atom stereocenters. The normalized spacial score (nSPS) is 34.0. The second-order valence-corrected chi connectivity index (χ2v) is 8.64. The zero-order valence-corrected chi connectivity index (χ0v) is 16.1. The number of halogens is 3. The molecule has 1 aromatic carbocycles. The van der Waals surface area contributed by atoms with Crippen LogP contribution in [-0.4, -0.2) is 52.5 Å². The fourth-order valence-corrected chi connectivity index (χ4v) is 3.62. The summed E-state index contributed by atoms with van der Waals surface area (Å²) < 4.78 is 25.8. The summed E-state index contributed by atoms with van der Waals surface area (Å²) in [6.07, 6.45) is -2.78. The Morgan fingerprint density at radius 3 is 2.28 bits per heavy atom. The minimum absolute atomic E-state index is 0.0586. The molecule has 1 N–H and O–H groups in total. The quantitative estimate of drug-likeness (QED) is 0.765. The van der Waals surface area contributed by atoms with Crippen LogP contribution in [0.2, 0.25) is 0 Å². The zero-order valence-electron chi connectivity index (χ0n) is 13.9. The van der Waals surface area contributed by atoms with E-state index in [-0.39, 0.29) is 6.61 Å². The molecule has 25 heavy (non-hydrogen) atoms. The Bertz CT molecular complexity index is 617. The van der Waals surface area contributed by atoms with E-state index in [1.807, 2.05) is 0 Å². The van der Waals surface area contributed by atoms with Gasteiger partial charge in [-0.3, -0.25) is 0 Å². The highest BCUT2D eigenvalue weighted by Gasteiger charge is 2.70. The Hall–Kier alpha value is -0.470. The molecule has 2 aliphatic heterocycles. The van der Waals surface area contributed by atoms with Crippen LogP contribution in [-0.2, 0) is 14.2 Å². The molecule has 3 rings (SSSR count). The van der Waals surface area contributed by atoms with Gasteiger partial charge >= 0.3 is 0 Å². The van der Waals surface area contributed by atoms with Crippen molar-refractivity contribution < 1.29 is 28.8 Å². The summed E-state index contributed by atoms with van der Waals surface area (Å²) in [6.45, 7) is 3.32. The van der Waals surface area contributed by atoms with E-state index in [2.05, 4.69) is 0 Å². The van der Waals surface area contributed by atoms with E-state index >= 15 is 0 Å². The molecule has 0 radical (unpaired) electrons. The predicted molar refractivity (Wildman–Crippen MR) is 92.4 cm³/mol. The van der Waals surface area contributed by atoms with Gasteiger partial charge in [-0.1, -0.05) is 34.8 Å². The van der Waals surface area contributed by atoms with Crippen LogP contribution in [0, 0.1) is 0 Å². The first kappa shape index (κ1) is 19.3. The molecular formula is C16H19Cl3O6. The molecule has 2 fully saturated rings. The lowest BCUT2D eigenvalue weighted by atomic mass is 9.94. The maximum Gasteiger partial charge on any atom is 0.224 e. The van der Waals surface area contributed by atoms with Gasteiger partial charge in [0.25, 0.3) is 0 Å². The van der Waals surface area contributed by atoms with Crippen LogP contribution in [0.15, 0.2) is 24.3 Å². The number of rotatable bonds is 4. The highest BCUT2D eigenvalue weighted by atomic mass is 35.6. The second-order valence-electron chi connectivity index (χ2n) is 6.36. The molecule has 2 saturated heterocycles. The largest absolute Gasteiger partial charge is 0.497 e. The molecule has 0 saturated carbocycles. The van der Waals surface area contributed by atoms with E-state index in [0.29, 0.717) is 11.5 Å². The summed E-state index contributed by atoms with van der Waals surface area (Å²) in [7, 11) is 1.57. The number of aliphatic hydroxyl groups is 1. The van der Waals surface area contributed by atoms with Gasteiger partial charge in [0.1, 0.15) is 30.3 Å². The van der Waals surface area contributed by atoms with Crippen molar-refractivity contribution in [3.05, 3.63) is 24.3 Å². The first-order chi connectivity index (χ1) is 11.6. The number of ether oxygens (including phenoxy) is 5. The van der Waals surface area contributed by atoms with E-state index in [1.165, 1.54) is 0 Å². The minimum atomic E-state index is -2.07. The van der Waals surface area contributed by atoms with Gasteiger partial charge in [-0.25, -0.2) is 0 Å². The van der Waals surface area contributed by atoms with Gasteiger partial charge in [0.05, 0.1) is 7.11 Å². The fraction of sp³-hybridized carbons (Fsp3) is 0.625. The van der Waals surface area contributed by atoms with Gasteiger partial charge < -0.3 is 28.8 Å². The lowest BCUT2D eigenvalue weighted by Gasteiger charge is -2.38. The molecule has 9 heteroatoms. The second kappa shape index (κ2) is 6.60. The molecule has 2 heterocycles. The number of hydrogen-bond donors (Lipinski definition) is 1. The van der Waals surface area contributed by atoms with Gasteiger partial charge in [0, 0.05) is 0 Å². The third kappa shape index (κ3) is 3.54. The molecular weight excluding hydrogens is 395 g/mol. The van der Waals surface area contributed by atoms with Crippen LogP contribution in [0.5, 0.6) is 11.5 Å². The lowest BCUT2D eigenvalue weighted by molar-refractivity contribution is -0.231. The van der Waals surface area contributed by atoms with Crippen molar-refractivity contribution in [1.29, 1.82) is 0 Å². The predicted octanol–water partition coefficient (Wildman–Crippen LogP) is 3.05. The van der Waals surface area contributed by atoms with Crippen LogP contribution < -0.4 is 9.47 Å². The summed E-state index contributed by atoms with van der Waals surface area (Å²) in [5.74, 6) is 0.289. The summed E-state index contributed by atoms with van der Waals surface area (Å²) >= 11 is 18.1. The number of alkyl halides is 3. The minimum Gasteiger partial charge on any atom is -0.497 e. The lowest BCUT2D eigenvalue weighted by Crippen LogP contribution is -2.59. The van der Waals surface area contributed by atoms with E-state index in [0.717, 1.165) is 0 Å². The van der Waals surface area contributed by atoms with Crippen molar-refractivity contribution in [3.63, 3.8) is 0 Å². The van der Waals surface area contributed by atoms with Gasteiger partial charge in [-0.2, -0.15) is 0 Å². The van der Waals surface area contributed by atoms with Gasteiger partial charge in [-0.05, 0) is 38.1 Å². The molecule has 0 spiro atoms. The van der Waals surface area contributed by atoms with Crippen molar-refractivity contribution in [2.75, 3.05) is 13.7 Å². The van der Waals surface area contributed by atoms with E-state index in [1.54, 1.807) is 45.2 Å². The van der Waals surface area contributed by atoms with Crippen molar-refractivity contribution in [2.45, 2.75) is 47.5 Å². The van der Waals surface area contributed by atoms with Crippen LogP contribution in [0.3, 0.4) is 0 Å². The number of methoxy groups -OCH3 is 1. The van der Waals surface area contributed by atoms with Gasteiger partial charge in [0.15, 0.2) is 17.7 Å². The summed E-state index contributed by atoms with van der Waals surface area (Å²) in [5.41, 5.74) is -1.94. The number of hydrogen-bond acceptors (Lipinski definition) is 6. The Balaban J connectivity index is 1.76. The Labute approximate surface area is 160 Å².